The largest absolute Gasteiger partial charge is 0.307 e. The fourth-order valence-electron chi connectivity index (χ4n) is 4.65. The summed E-state index contributed by atoms with van der Waals surface area (Å²) in [6, 6.07) is 8.11. The molecule has 144 valence electrons. The third-order valence-electron chi connectivity index (χ3n) is 6.06. The van der Waals surface area contributed by atoms with Crippen molar-refractivity contribution in [2.45, 2.75) is 52.1 Å². The molecular weight excluding hydrogens is 370 g/mol. The lowest BCUT2D eigenvalue weighted by Gasteiger charge is -2.23. The van der Waals surface area contributed by atoms with Crippen LogP contribution in [0.2, 0.25) is 0 Å². The Labute approximate surface area is 167 Å². The van der Waals surface area contributed by atoms with E-state index in [1.54, 1.807) is 17.7 Å². The average molecular weight is 394 g/mol. The van der Waals surface area contributed by atoms with Crippen LogP contribution in [0.1, 0.15) is 36.3 Å². The Bertz CT molecular complexity index is 1150. The number of hydrogen-bond donors (Lipinski definition) is 0. The number of benzene rings is 1. The summed E-state index contributed by atoms with van der Waals surface area (Å²) in [4.78, 5) is 34.7. The van der Waals surface area contributed by atoms with E-state index in [1.807, 2.05) is 23.1 Å². The van der Waals surface area contributed by atoms with Crippen LogP contribution in [0.25, 0.3) is 10.2 Å². The number of amides is 1. The minimum absolute atomic E-state index is 0.0292. The fourth-order valence-corrected chi connectivity index (χ4v) is 5.99. The molecule has 0 saturated heterocycles. The van der Waals surface area contributed by atoms with Gasteiger partial charge in [-0.2, -0.15) is 0 Å². The Hall–Kier alpha value is -2.47. The summed E-state index contributed by atoms with van der Waals surface area (Å²) >= 11 is 1.64. The van der Waals surface area contributed by atoms with Gasteiger partial charge in [-0.25, -0.2) is 4.98 Å². The van der Waals surface area contributed by atoms with Gasteiger partial charge in [-0.3, -0.25) is 14.2 Å². The van der Waals surface area contributed by atoms with Crippen molar-refractivity contribution in [1.29, 1.82) is 0 Å². The van der Waals surface area contributed by atoms with E-state index in [0.29, 0.717) is 5.92 Å². The number of anilines is 1. The second-order valence-electron chi connectivity index (χ2n) is 8.16. The highest BCUT2D eigenvalue weighted by Gasteiger charge is 2.31. The summed E-state index contributed by atoms with van der Waals surface area (Å²) in [5.41, 5.74) is 3.23. The van der Waals surface area contributed by atoms with Gasteiger partial charge in [0.1, 0.15) is 11.4 Å². The molecule has 3 heterocycles. The van der Waals surface area contributed by atoms with E-state index in [4.69, 9.17) is 0 Å². The van der Waals surface area contributed by atoms with Gasteiger partial charge in [-0.15, -0.1) is 11.3 Å². The van der Waals surface area contributed by atoms with E-state index in [-0.39, 0.29) is 24.1 Å². The number of aryl methyl sites for hydroxylation is 1. The highest BCUT2D eigenvalue weighted by Crippen LogP contribution is 2.36. The minimum Gasteiger partial charge on any atom is -0.307 e. The van der Waals surface area contributed by atoms with Crippen molar-refractivity contribution in [2.24, 2.45) is 5.92 Å². The van der Waals surface area contributed by atoms with Gasteiger partial charge in [0.05, 0.1) is 11.7 Å². The van der Waals surface area contributed by atoms with E-state index in [2.05, 4.69) is 24.9 Å². The molecule has 1 aromatic carbocycles. The van der Waals surface area contributed by atoms with Gasteiger partial charge in [0.15, 0.2) is 0 Å². The molecule has 5 rings (SSSR count). The standard InChI is InChI=1S/C22H23N3O2S/c1-13-7-8-16-18(9-13)28-21-20(16)22(27)24(12-23-21)11-19(26)25-14(2)10-15-5-3-4-6-17(15)25/h3-6,12-14H,7-11H2,1-2H3/t13-,14+/m1/s1. The fraction of sp³-hybridized carbons (Fsp3) is 0.409. The van der Waals surface area contributed by atoms with Gasteiger partial charge in [0.25, 0.3) is 5.56 Å². The lowest BCUT2D eigenvalue weighted by atomic mass is 9.89. The molecule has 0 unspecified atom stereocenters. The van der Waals surface area contributed by atoms with Crippen LogP contribution < -0.4 is 10.5 Å². The maximum atomic E-state index is 13.2. The molecule has 1 aliphatic carbocycles. The first kappa shape index (κ1) is 17.6. The number of hydrogen-bond acceptors (Lipinski definition) is 4. The van der Waals surface area contributed by atoms with Gasteiger partial charge < -0.3 is 4.90 Å². The van der Waals surface area contributed by atoms with Crippen LogP contribution in [0.4, 0.5) is 5.69 Å². The lowest BCUT2D eigenvalue weighted by Crippen LogP contribution is -2.40. The van der Waals surface area contributed by atoms with Gasteiger partial charge in [0.2, 0.25) is 5.91 Å². The zero-order valence-corrected chi connectivity index (χ0v) is 17.0. The second kappa shape index (κ2) is 6.55. The number of rotatable bonds is 2. The van der Waals surface area contributed by atoms with Crippen LogP contribution in [0.5, 0.6) is 0 Å². The smallest absolute Gasteiger partial charge is 0.262 e. The zero-order valence-electron chi connectivity index (χ0n) is 16.1. The highest BCUT2D eigenvalue weighted by molar-refractivity contribution is 7.18. The molecule has 5 nitrogen and oxygen atoms in total. The summed E-state index contributed by atoms with van der Waals surface area (Å²) in [7, 11) is 0. The quantitative estimate of drug-likeness (QED) is 0.669. The summed E-state index contributed by atoms with van der Waals surface area (Å²) in [5, 5.41) is 0.733. The molecule has 0 fully saturated rings. The van der Waals surface area contributed by atoms with Crippen LogP contribution in [-0.4, -0.2) is 21.5 Å². The van der Waals surface area contributed by atoms with Crippen LogP contribution in [-0.2, 0) is 30.6 Å². The summed E-state index contributed by atoms with van der Waals surface area (Å²) < 4.78 is 1.49. The maximum Gasteiger partial charge on any atom is 0.262 e. The summed E-state index contributed by atoms with van der Waals surface area (Å²) in [6.07, 6.45) is 5.46. The van der Waals surface area contributed by atoms with Crippen LogP contribution in [0.15, 0.2) is 35.4 Å². The van der Waals surface area contributed by atoms with Gasteiger partial charge in [-0.05, 0) is 55.7 Å². The molecule has 0 spiro atoms. The van der Waals surface area contributed by atoms with Crippen molar-refractivity contribution >= 4 is 33.1 Å². The summed E-state index contributed by atoms with van der Waals surface area (Å²) in [6.45, 7) is 4.34. The predicted molar refractivity (Wildman–Crippen MR) is 112 cm³/mol. The highest BCUT2D eigenvalue weighted by atomic mass is 32.1. The number of nitrogens with zero attached hydrogens (tertiary/aromatic N) is 3. The van der Waals surface area contributed by atoms with Crippen molar-refractivity contribution in [2.75, 3.05) is 4.90 Å². The number of carbonyl (C=O) groups is 1. The zero-order chi connectivity index (χ0) is 19.4. The number of aromatic nitrogens is 2. The molecule has 3 aromatic rings. The Morgan fingerprint density at radius 3 is 2.93 bits per heavy atom. The van der Waals surface area contributed by atoms with Gasteiger partial charge >= 0.3 is 0 Å². The number of carbonyl (C=O) groups excluding carboxylic acids is 1. The van der Waals surface area contributed by atoms with Crippen molar-refractivity contribution in [3.8, 4) is 0 Å². The Kier molecular flexibility index (Phi) is 4.12. The van der Waals surface area contributed by atoms with E-state index >= 15 is 0 Å². The molecule has 0 radical (unpaired) electrons. The molecule has 2 aliphatic rings. The van der Waals surface area contributed by atoms with Crippen molar-refractivity contribution in [3.05, 3.63) is 57.0 Å². The SMILES string of the molecule is C[C@@H]1CCc2c(sc3ncn(CC(=O)N4c5ccccc5C[C@@H]4C)c(=O)c23)C1. The minimum atomic E-state index is -0.0782. The Morgan fingerprint density at radius 2 is 2.07 bits per heavy atom. The van der Waals surface area contributed by atoms with Crippen molar-refractivity contribution in [3.63, 3.8) is 0 Å². The molecule has 0 N–H and O–H groups in total. The topological polar surface area (TPSA) is 55.2 Å². The maximum absolute atomic E-state index is 13.2. The van der Waals surface area contributed by atoms with Gasteiger partial charge in [-0.1, -0.05) is 25.1 Å². The van der Waals surface area contributed by atoms with E-state index in [1.165, 1.54) is 15.0 Å². The Morgan fingerprint density at radius 1 is 1.25 bits per heavy atom. The molecule has 1 aliphatic heterocycles. The van der Waals surface area contributed by atoms with Crippen LogP contribution >= 0.6 is 11.3 Å². The molecule has 28 heavy (non-hydrogen) atoms. The number of fused-ring (bicyclic) bond motifs is 4. The second-order valence-corrected chi connectivity index (χ2v) is 9.24. The molecule has 2 aromatic heterocycles. The first-order chi connectivity index (χ1) is 13.5. The molecule has 6 heteroatoms. The molecule has 1 amide bonds. The van der Waals surface area contributed by atoms with E-state index in [0.717, 1.165) is 47.2 Å². The van der Waals surface area contributed by atoms with E-state index < -0.39 is 0 Å². The molecule has 0 saturated carbocycles. The van der Waals surface area contributed by atoms with Crippen LogP contribution in [0, 0.1) is 5.92 Å². The average Bonchev–Trinajstić information content (AvgIpc) is 3.20. The summed E-state index contributed by atoms with van der Waals surface area (Å²) in [5.74, 6) is 0.597. The van der Waals surface area contributed by atoms with Crippen LogP contribution in [0.3, 0.4) is 0 Å². The molecular formula is C22H23N3O2S. The van der Waals surface area contributed by atoms with Crippen molar-refractivity contribution in [1.82, 2.24) is 9.55 Å². The molecule has 0 bridgehead atoms. The first-order valence-electron chi connectivity index (χ1n) is 9.92. The van der Waals surface area contributed by atoms with E-state index in [9.17, 15) is 9.59 Å². The third kappa shape index (κ3) is 2.70. The number of para-hydroxylation sites is 1. The predicted octanol–water partition coefficient (Wildman–Crippen LogP) is 3.56. The number of thiophene rings is 1. The molecule has 2 atom stereocenters. The van der Waals surface area contributed by atoms with Gasteiger partial charge in [0, 0.05) is 16.6 Å². The third-order valence-corrected chi connectivity index (χ3v) is 7.23. The van der Waals surface area contributed by atoms with Crippen molar-refractivity contribution < 1.29 is 4.79 Å². The lowest BCUT2D eigenvalue weighted by molar-refractivity contribution is -0.119. The normalized spacial score (nSPS) is 21.0. The monoisotopic (exact) mass is 393 g/mol. The Balaban J connectivity index is 1.50. The first-order valence-corrected chi connectivity index (χ1v) is 10.7.